The first kappa shape index (κ1) is 20.6. The van der Waals surface area contributed by atoms with Crippen molar-refractivity contribution in [1.82, 2.24) is 10.2 Å². The number of nitrogens with zero attached hydrogens (tertiary/aromatic N) is 1. The van der Waals surface area contributed by atoms with E-state index >= 15 is 0 Å². The molecule has 1 aromatic rings. The predicted molar refractivity (Wildman–Crippen MR) is 108 cm³/mol. The van der Waals surface area contributed by atoms with Gasteiger partial charge in [-0.15, -0.1) is 0 Å². The molecule has 2 N–H and O–H groups in total. The summed E-state index contributed by atoms with van der Waals surface area (Å²) in [4.78, 5) is 36.6. The van der Waals surface area contributed by atoms with E-state index in [1.54, 1.807) is 0 Å². The van der Waals surface area contributed by atoms with Crippen molar-refractivity contribution < 1.29 is 24.2 Å². The fourth-order valence-electron chi connectivity index (χ4n) is 4.15. The summed E-state index contributed by atoms with van der Waals surface area (Å²) in [7, 11) is 2.87. The SMILES string of the molecule is CNC(=O)CC[C@@H](C(=O)O)N(C)C(=O)OCC1c2ccccc2C2C=CC=CC21. The Labute approximate surface area is 170 Å². The van der Waals surface area contributed by atoms with Gasteiger partial charge in [-0.05, 0) is 23.5 Å². The lowest BCUT2D eigenvalue weighted by Crippen LogP contribution is -2.43. The smallest absolute Gasteiger partial charge is 0.410 e. The molecule has 0 heterocycles. The highest BCUT2D eigenvalue weighted by molar-refractivity contribution is 5.81. The minimum Gasteiger partial charge on any atom is -0.480 e. The number of amides is 2. The predicted octanol–water partition coefficient (Wildman–Crippen LogP) is 2.66. The molecule has 0 fully saturated rings. The van der Waals surface area contributed by atoms with Crippen LogP contribution in [0.2, 0.25) is 0 Å². The second-order valence-corrected chi connectivity index (χ2v) is 7.36. The van der Waals surface area contributed by atoms with Crippen molar-refractivity contribution in [3.63, 3.8) is 0 Å². The highest BCUT2D eigenvalue weighted by Crippen LogP contribution is 2.49. The molecule has 0 saturated heterocycles. The summed E-state index contributed by atoms with van der Waals surface area (Å²) >= 11 is 0. The number of aliphatic carboxylic acids is 1. The Balaban J connectivity index is 1.66. The number of carboxylic acids is 1. The zero-order valence-electron chi connectivity index (χ0n) is 16.6. The molecule has 3 rings (SSSR count). The zero-order chi connectivity index (χ0) is 21.0. The van der Waals surface area contributed by atoms with Gasteiger partial charge in [0.15, 0.2) is 0 Å². The monoisotopic (exact) mass is 398 g/mol. The summed E-state index contributed by atoms with van der Waals surface area (Å²) < 4.78 is 5.52. The van der Waals surface area contributed by atoms with Crippen molar-refractivity contribution in [2.45, 2.75) is 30.7 Å². The Morgan fingerprint density at radius 1 is 1.17 bits per heavy atom. The van der Waals surface area contributed by atoms with E-state index in [1.807, 2.05) is 24.3 Å². The highest BCUT2D eigenvalue weighted by atomic mass is 16.6. The van der Waals surface area contributed by atoms with Crippen LogP contribution >= 0.6 is 0 Å². The van der Waals surface area contributed by atoms with Crippen molar-refractivity contribution in [2.24, 2.45) is 5.92 Å². The number of carbonyl (C=O) groups excluding carboxylic acids is 2. The Morgan fingerprint density at radius 3 is 2.55 bits per heavy atom. The molecule has 7 nitrogen and oxygen atoms in total. The van der Waals surface area contributed by atoms with Crippen LogP contribution in [0.5, 0.6) is 0 Å². The molecule has 0 aliphatic heterocycles. The standard InChI is InChI=1S/C22H26N2O5/c1-23-20(25)12-11-19(21(26)27)24(2)22(28)29-13-18-16-9-5-3-7-14(16)15-8-4-6-10-17(15)18/h3-10,14,16,18-19H,11-13H2,1-2H3,(H,23,25)(H,26,27)/t14?,16?,18?,19-/m0/s1. The van der Waals surface area contributed by atoms with Gasteiger partial charge in [0.2, 0.25) is 5.91 Å². The van der Waals surface area contributed by atoms with Gasteiger partial charge in [-0.25, -0.2) is 9.59 Å². The first-order valence-corrected chi connectivity index (χ1v) is 9.70. The fraction of sp³-hybridized carbons (Fsp3) is 0.409. The van der Waals surface area contributed by atoms with Crippen LogP contribution in [0, 0.1) is 5.92 Å². The molecule has 0 bridgehead atoms. The Bertz CT molecular complexity index is 847. The third-order valence-corrected chi connectivity index (χ3v) is 5.75. The number of fused-ring (bicyclic) bond motifs is 3. The number of allylic oxidation sites excluding steroid dienone is 4. The molecule has 2 amide bonds. The minimum atomic E-state index is -1.17. The summed E-state index contributed by atoms with van der Waals surface area (Å²) in [6, 6.07) is 7.02. The lowest BCUT2D eigenvalue weighted by Gasteiger charge is -2.26. The van der Waals surface area contributed by atoms with Gasteiger partial charge in [0.25, 0.3) is 0 Å². The van der Waals surface area contributed by atoms with Gasteiger partial charge in [-0.2, -0.15) is 0 Å². The molecule has 3 unspecified atom stereocenters. The maximum absolute atomic E-state index is 12.5. The second-order valence-electron chi connectivity index (χ2n) is 7.36. The average Bonchev–Trinajstić information content (AvgIpc) is 3.05. The quantitative estimate of drug-likeness (QED) is 0.736. The lowest BCUT2D eigenvalue weighted by atomic mass is 9.84. The van der Waals surface area contributed by atoms with E-state index in [9.17, 15) is 19.5 Å². The van der Waals surface area contributed by atoms with Gasteiger partial charge in [0.05, 0.1) is 0 Å². The maximum atomic E-state index is 12.5. The molecule has 4 atom stereocenters. The van der Waals surface area contributed by atoms with Crippen LogP contribution in [0.3, 0.4) is 0 Å². The van der Waals surface area contributed by atoms with Gasteiger partial charge in [-0.1, -0.05) is 48.6 Å². The van der Waals surface area contributed by atoms with E-state index in [-0.39, 0.29) is 43.1 Å². The maximum Gasteiger partial charge on any atom is 0.410 e. The Kier molecular flexibility index (Phi) is 6.36. The molecule has 0 saturated carbocycles. The summed E-state index contributed by atoms with van der Waals surface area (Å²) in [5.74, 6) is -0.955. The van der Waals surface area contributed by atoms with Gasteiger partial charge < -0.3 is 15.2 Å². The molecule has 0 radical (unpaired) electrons. The first-order valence-electron chi connectivity index (χ1n) is 9.70. The summed E-state index contributed by atoms with van der Waals surface area (Å²) in [6.45, 7) is 0.168. The molecule has 154 valence electrons. The Morgan fingerprint density at radius 2 is 1.86 bits per heavy atom. The van der Waals surface area contributed by atoms with Crippen LogP contribution in [-0.2, 0) is 14.3 Å². The van der Waals surface area contributed by atoms with Gasteiger partial charge in [0.1, 0.15) is 12.6 Å². The molecule has 7 heteroatoms. The van der Waals surface area contributed by atoms with Crippen LogP contribution in [0.4, 0.5) is 4.79 Å². The van der Waals surface area contributed by atoms with Crippen LogP contribution in [-0.4, -0.2) is 54.7 Å². The van der Waals surface area contributed by atoms with Gasteiger partial charge >= 0.3 is 12.1 Å². The van der Waals surface area contributed by atoms with Gasteiger partial charge in [-0.3, -0.25) is 9.69 Å². The molecule has 0 spiro atoms. The lowest BCUT2D eigenvalue weighted by molar-refractivity contribution is -0.142. The topological polar surface area (TPSA) is 95.9 Å². The van der Waals surface area contributed by atoms with E-state index < -0.39 is 18.1 Å². The summed E-state index contributed by atoms with van der Waals surface area (Å²) in [6.07, 6.45) is 7.67. The zero-order valence-corrected chi connectivity index (χ0v) is 16.6. The van der Waals surface area contributed by atoms with Crippen molar-refractivity contribution >= 4 is 18.0 Å². The van der Waals surface area contributed by atoms with Crippen molar-refractivity contribution in [2.75, 3.05) is 20.7 Å². The second kappa shape index (κ2) is 8.94. The third-order valence-electron chi connectivity index (χ3n) is 5.75. The molecule has 2 aliphatic rings. The normalized spacial score (nSPS) is 22.3. The molecular formula is C22H26N2O5. The molecule has 2 aliphatic carbocycles. The third kappa shape index (κ3) is 4.34. The largest absolute Gasteiger partial charge is 0.480 e. The van der Waals surface area contributed by atoms with Crippen LogP contribution in [0.1, 0.15) is 35.8 Å². The van der Waals surface area contributed by atoms with Crippen molar-refractivity contribution in [3.8, 4) is 0 Å². The number of rotatable bonds is 7. The van der Waals surface area contributed by atoms with Crippen LogP contribution < -0.4 is 5.32 Å². The van der Waals surface area contributed by atoms with E-state index in [0.29, 0.717) is 0 Å². The number of ether oxygens (including phenoxy) is 1. The van der Waals surface area contributed by atoms with Crippen molar-refractivity contribution in [1.29, 1.82) is 0 Å². The fourth-order valence-corrected chi connectivity index (χ4v) is 4.15. The number of carboxylic acid groups (broad SMARTS) is 1. The van der Waals surface area contributed by atoms with E-state index in [4.69, 9.17) is 4.74 Å². The summed E-state index contributed by atoms with van der Waals surface area (Å²) in [5.41, 5.74) is 2.39. The minimum absolute atomic E-state index is 0.0158. The average molecular weight is 398 g/mol. The van der Waals surface area contributed by atoms with E-state index in [1.165, 1.54) is 19.7 Å². The number of likely N-dealkylation sites (N-methyl/N-ethyl adjacent to an activating group) is 1. The molecule has 29 heavy (non-hydrogen) atoms. The summed E-state index contributed by atoms with van der Waals surface area (Å²) in [5, 5.41) is 11.9. The molecular weight excluding hydrogens is 372 g/mol. The van der Waals surface area contributed by atoms with Crippen LogP contribution in [0.15, 0.2) is 48.6 Å². The Hall–Kier alpha value is -3.09. The number of carbonyl (C=O) groups is 3. The molecule has 1 aromatic carbocycles. The highest BCUT2D eigenvalue weighted by Gasteiger charge is 2.39. The van der Waals surface area contributed by atoms with E-state index in [2.05, 4.69) is 29.6 Å². The number of hydrogen-bond acceptors (Lipinski definition) is 4. The van der Waals surface area contributed by atoms with Crippen LogP contribution in [0.25, 0.3) is 0 Å². The molecule has 0 aromatic heterocycles. The van der Waals surface area contributed by atoms with E-state index in [0.717, 1.165) is 10.5 Å². The van der Waals surface area contributed by atoms with Gasteiger partial charge in [0, 0.05) is 32.4 Å². The first-order chi connectivity index (χ1) is 13.9. The number of hydrogen-bond donors (Lipinski definition) is 2. The number of nitrogens with one attached hydrogen (secondary N) is 1. The number of benzene rings is 1. The van der Waals surface area contributed by atoms with Crippen molar-refractivity contribution in [3.05, 3.63) is 59.7 Å².